The molecule has 1 amide bonds. The molecule has 1 aromatic carbocycles. The number of ether oxygens (including phenoxy) is 1. The van der Waals surface area contributed by atoms with E-state index in [1.54, 1.807) is 18.2 Å². The van der Waals surface area contributed by atoms with Gasteiger partial charge < -0.3 is 20.5 Å². The van der Waals surface area contributed by atoms with Crippen LogP contribution in [0.2, 0.25) is 10.0 Å². The highest BCUT2D eigenvalue weighted by atomic mass is 35.5. The highest BCUT2D eigenvalue weighted by molar-refractivity contribution is 6.42. The van der Waals surface area contributed by atoms with E-state index >= 15 is 0 Å². The number of nitrogens with one attached hydrogen (secondary N) is 2. The standard InChI is InChI=1S/C18H24Cl2N2O3.ClH/c19-13-5-3-7-16(17(13)20)25-10-12(23)9-21-18(24)15-8-11-4-1-2-6-14(11)22-15;/h3,5,7,11-12,14-15,22-23H,1-2,4,6,8-10H2,(H,21,24);1H. The van der Waals surface area contributed by atoms with Crippen molar-refractivity contribution in [3.8, 4) is 5.75 Å². The molecule has 2 fully saturated rings. The molecule has 0 spiro atoms. The maximum Gasteiger partial charge on any atom is 0.237 e. The average Bonchev–Trinajstić information content (AvgIpc) is 3.05. The Morgan fingerprint density at radius 2 is 2.12 bits per heavy atom. The predicted octanol–water partition coefficient (Wildman–Crippen LogP) is 3.19. The molecule has 0 radical (unpaired) electrons. The number of rotatable bonds is 6. The van der Waals surface area contributed by atoms with Crippen LogP contribution < -0.4 is 15.4 Å². The summed E-state index contributed by atoms with van der Waals surface area (Å²) in [7, 11) is 0. The lowest BCUT2D eigenvalue weighted by Crippen LogP contribution is -2.45. The highest BCUT2D eigenvalue weighted by Gasteiger charge is 2.38. The van der Waals surface area contributed by atoms with Gasteiger partial charge in [-0.15, -0.1) is 12.4 Å². The maximum atomic E-state index is 12.3. The van der Waals surface area contributed by atoms with Crippen LogP contribution in [-0.2, 0) is 4.79 Å². The second kappa shape index (κ2) is 10.00. The van der Waals surface area contributed by atoms with Crippen LogP contribution >= 0.6 is 35.6 Å². The number of halogens is 3. The lowest BCUT2D eigenvalue weighted by Gasteiger charge is -2.24. The fourth-order valence-corrected chi connectivity index (χ4v) is 4.05. The van der Waals surface area contributed by atoms with Crippen LogP contribution in [0.1, 0.15) is 32.1 Å². The summed E-state index contributed by atoms with van der Waals surface area (Å²) >= 11 is 12.0. The van der Waals surface area contributed by atoms with Gasteiger partial charge in [0.05, 0.1) is 11.1 Å². The van der Waals surface area contributed by atoms with E-state index in [1.165, 1.54) is 19.3 Å². The Hall–Kier alpha value is -0.720. The van der Waals surface area contributed by atoms with E-state index in [0.717, 1.165) is 12.8 Å². The number of fused-ring (bicyclic) bond motifs is 1. The van der Waals surface area contributed by atoms with Gasteiger partial charge in [-0.05, 0) is 37.3 Å². The zero-order valence-corrected chi connectivity index (χ0v) is 16.7. The quantitative estimate of drug-likeness (QED) is 0.657. The topological polar surface area (TPSA) is 70.6 Å². The molecule has 0 aromatic heterocycles. The largest absolute Gasteiger partial charge is 0.489 e. The number of hydrogen-bond acceptors (Lipinski definition) is 4. The van der Waals surface area contributed by atoms with Crippen molar-refractivity contribution in [3.05, 3.63) is 28.2 Å². The summed E-state index contributed by atoms with van der Waals surface area (Å²) in [6, 6.07) is 5.40. The second-order valence-electron chi connectivity index (χ2n) is 6.87. The van der Waals surface area contributed by atoms with Crippen molar-refractivity contribution in [3.63, 3.8) is 0 Å². The fourth-order valence-electron chi connectivity index (χ4n) is 3.70. The third kappa shape index (κ3) is 5.40. The molecule has 0 bridgehead atoms. The molecule has 5 nitrogen and oxygen atoms in total. The number of carbonyl (C=O) groups excluding carboxylic acids is 1. The summed E-state index contributed by atoms with van der Waals surface area (Å²) < 4.78 is 5.48. The Labute approximate surface area is 170 Å². The minimum absolute atomic E-state index is 0. The Balaban J connectivity index is 0.00000243. The molecular formula is C18H25Cl3N2O3. The molecule has 1 aromatic rings. The van der Waals surface area contributed by atoms with Gasteiger partial charge in [0.1, 0.15) is 23.5 Å². The first-order valence-electron chi connectivity index (χ1n) is 8.83. The van der Waals surface area contributed by atoms with Crippen LogP contribution in [0.15, 0.2) is 18.2 Å². The van der Waals surface area contributed by atoms with Crippen molar-refractivity contribution < 1.29 is 14.6 Å². The summed E-state index contributed by atoms with van der Waals surface area (Å²) in [6.07, 6.45) is 4.94. The smallest absolute Gasteiger partial charge is 0.237 e. The summed E-state index contributed by atoms with van der Waals surface area (Å²) in [5, 5.41) is 17.0. The van der Waals surface area contributed by atoms with E-state index < -0.39 is 6.10 Å². The lowest BCUT2D eigenvalue weighted by atomic mass is 9.85. The van der Waals surface area contributed by atoms with Crippen LogP contribution in [0.5, 0.6) is 5.75 Å². The zero-order chi connectivity index (χ0) is 17.8. The molecule has 146 valence electrons. The van der Waals surface area contributed by atoms with E-state index in [0.29, 0.717) is 27.8 Å². The Kier molecular flexibility index (Phi) is 8.30. The zero-order valence-electron chi connectivity index (χ0n) is 14.4. The molecule has 1 aliphatic carbocycles. The summed E-state index contributed by atoms with van der Waals surface area (Å²) in [5.74, 6) is 0.984. The van der Waals surface area contributed by atoms with Gasteiger partial charge >= 0.3 is 0 Å². The Morgan fingerprint density at radius 3 is 2.88 bits per heavy atom. The molecule has 4 atom stereocenters. The Bertz CT molecular complexity index is 603. The summed E-state index contributed by atoms with van der Waals surface area (Å²) in [4.78, 5) is 12.3. The van der Waals surface area contributed by atoms with Crippen molar-refractivity contribution in [2.75, 3.05) is 13.2 Å². The predicted molar refractivity (Wildman–Crippen MR) is 106 cm³/mol. The van der Waals surface area contributed by atoms with Gasteiger partial charge in [0.15, 0.2) is 0 Å². The number of hydrogen-bond donors (Lipinski definition) is 3. The molecule has 1 saturated carbocycles. The SMILES string of the molecule is Cl.O=C(NCC(O)COc1cccc(Cl)c1Cl)C1CC2CCCCC2N1. The molecule has 1 saturated heterocycles. The first-order chi connectivity index (χ1) is 12.0. The van der Waals surface area contributed by atoms with E-state index in [2.05, 4.69) is 10.6 Å². The van der Waals surface area contributed by atoms with Crippen molar-refractivity contribution >= 4 is 41.5 Å². The number of aliphatic hydroxyl groups excluding tert-OH is 1. The van der Waals surface area contributed by atoms with E-state index in [9.17, 15) is 9.90 Å². The molecule has 26 heavy (non-hydrogen) atoms. The number of amides is 1. The van der Waals surface area contributed by atoms with Crippen LogP contribution in [0, 0.1) is 5.92 Å². The monoisotopic (exact) mass is 422 g/mol. The van der Waals surface area contributed by atoms with Gasteiger partial charge in [-0.2, -0.15) is 0 Å². The normalized spacial score (nSPS) is 25.7. The average molecular weight is 424 g/mol. The Morgan fingerprint density at radius 1 is 1.35 bits per heavy atom. The molecule has 8 heteroatoms. The molecule has 4 unspecified atom stereocenters. The lowest BCUT2D eigenvalue weighted by molar-refractivity contribution is -0.123. The van der Waals surface area contributed by atoms with Crippen LogP contribution in [-0.4, -0.2) is 42.4 Å². The van der Waals surface area contributed by atoms with Gasteiger partial charge in [-0.3, -0.25) is 4.79 Å². The first-order valence-corrected chi connectivity index (χ1v) is 9.59. The van der Waals surface area contributed by atoms with Crippen molar-refractivity contribution in [2.24, 2.45) is 5.92 Å². The van der Waals surface area contributed by atoms with Crippen LogP contribution in [0.25, 0.3) is 0 Å². The van der Waals surface area contributed by atoms with E-state index in [4.69, 9.17) is 27.9 Å². The first kappa shape index (κ1) is 21.6. The molecular weight excluding hydrogens is 399 g/mol. The van der Waals surface area contributed by atoms with Gasteiger partial charge in [0.2, 0.25) is 5.91 Å². The van der Waals surface area contributed by atoms with Crippen LogP contribution in [0.4, 0.5) is 0 Å². The van der Waals surface area contributed by atoms with Crippen molar-refractivity contribution in [1.82, 2.24) is 10.6 Å². The third-order valence-corrected chi connectivity index (χ3v) is 5.84. The van der Waals surface area contributed by atoms with Gasteiger partial charge in [0, 0.05) is 12.6 Å². The van der Waals surface area contributed by atoms with Crippen molar-refractivity contribution in [1.29, 1.82) is 0 Å². The number of aliphatic hydroxyl groups is 1. The van der Waals surface area contributed by atoms with E-state index in [1.807, 2.05) is 0 Å². The summed E-state index contributed by atoms with van der Waals surface area (Å²) in [5.41, 5.74) is 0. The molecule has 3 N–H and O–H groups in total. The molecule has 1 heterocycles. The third-order valence-electron chi connectivity index (χ3n) is 5.04. The minimum Gasteiger partial charge on any atom is -0.489 e. The maximum absolute atomic E-state index is 12.3. The second-order valence-corrected chi connectivity index (χ2v) is 7.65. The number of carbonyl (C=O) groups is 1. The van der Waals surface area contributed by atoms with Gasteiger partial charge in [-0.25, -0.2) is 0 Å². The van der Waals surface area contributed by atoms with E-state index in [-0.39, 0.29) is 37.5 Å². The number of benzene rings is 1. The summed E-state index contributed by atoms with van der Waals surface area (Å²) in [6.45, 7) is 0.175. The van der Waals surface area contributed by atoms with Crippen LogP contribution in [0.3, 0.4) is 0 Å². The fraction of sp³-hybridized carbons (Fsp3) is 0.611. The van der Waals surface area contributed by atoms with Gasteiger partial charge in [-0.1, -0.05) is 42.1 Å². The minimum atomic E-state index is -0.817. The van der Waals surface area contributed by atoms with Crippen molar-refractivity contribution in [2.45, 2.75) is 50.3 Å². The molecule has 1 aliphatic heterocycles. The van der Waals surface area contributed by atoms with Gasteiger partial charge in [0.25, 0.3) is 0 Å². The molecule has 3 rings (SSSR count). The highest BCUT2D eigenvalue weighted by Crippen LogP contribution is 2.33. The molecule has 2 aliphatic rings.